The Hall–Kier alpha value is -2.36. The quantitative estimate of drug-likeness (QED) is 0.285. The van der Waals surface area contributed by atoms with Gasteiger partial charge < -0.3 is 10.1 Å². The molecule has 2 N–H and O–H groups in total. The Morgan fingerprint density at radius 3 is 1.89 bits per heavy atom. The number of halogens is 2. The molecular formula is C33H46Cl2NO+. The van der Waals surface area contributed by atoms with Gasteiger partial charge >= 0.3 is 0 Å². The highest BCUT2D eigenvalue weighted by atomic mass is 35.5. The number of hydrogen-bond acceptors (Lipinski definition) is 1. The van der Waals surface area contributed by atoms with Crippen molar-refractivity contribution in [2.45, 2.75) is 45.2 Å². The van der Waals surface area contributed by atoms with Crippen molar-refractivity contribution >= 4 is 23.2 Å². The fourth-order valence-corrected chi connectivity index (χ4v) is 3.99. The minimum Gasteiger partial charge on any atom is -0.375 e. The molecule has 3 rings (SSSR count). The van der Waals surface area contributed by atoms with Gasteiger partial charge in [-0.25, -0.2) is 0 Å². The zero-order chi connectivity index (χ0) is 27.9. The second-order valence-electron chi connectivity index (χ2n) is 8.92. The lowest BCUT2D eigenvalue weighted by Gasteiger charge is -2.24. The van der Waals surface area contributed by atoms with E-state index < -0.39 is 0 Å². The molecule has 1 saturated heterocycles. The largest absolute Gasteiger partial charge is 0.375 e. The van der Waals surface area contributed by atoms with E-state index in [4.69, 9.17) is 27.9 Å². The molecule has 1 aliphatic rings. The molecule has 0 spiro atoms. The van der Waals surface area contributed by atoms with Gasteiger partial charge in [0.05, 0.1) is 6.61 Å². The van der Waals surface area contributed by atoms with Crippen LogP contribution in [-0.4, -0.2) is 19.3 Å². The molecule has 0 aliphatic carbocycles. The fraction of sp³-hybridized carbons (Fsp3) is 0.333. The van der Waals surface area contributed by atoms with Crippen molar-refractivity contribution in [2.75, 3.05) is 13.2 Å². The molecule has 2 aromatic rings. The first-order valence-corrected chi connectivity index (χ1v) is 13.6. The molecular weight excluding hydrogens is 497 g/mol. The van der Waals surface area contributed by atoms with Crippen LogP contribution in [0, 0.1) is 11.8 Å². The molecule has 0 aromatic heterocycles. The highest BCUT2D eigenvalue weighted by Gasteiger charge is 2.27. The summed E-state index contributed by atoms with van der Waals surface area (Å²) in [6.07, 6.45) is 12.5. The molecule has 0 radical (unpaired) electrons. The third kappa shape index (κ3) is 16.9. The lowest BCUT2D eigenvalue weighted by molar-refractivity contribution is -0.735. The Bertz CT molecular complexity index is 867. The molecule has 1 aliphatic heterocycles. The van der Waals surface area contributed by atoms with Gasteiger partial charge in [0.1, 0.15) is 12.1 Å². The Morgan fingerprint density at radius 2 is 1.43 bits per heavy atom. The third-order valence-corrected chi connectivity index (χ3v) is 6.30. The van der Waals surface area contributed by atoms with Gasteiger partial charge in [-0.3, -0.25) is 0 Å². The molecule has 1 fully saturated rings. The Balaban J connectivity index is 0.000000704. The van der Waals surface area contributed by atoms with Crippen LogP contribution < -0.4 is 5.32 Å². The van der Waals surface area contributed by atoms with E-state index >= 15 is 0 Å². The fourth-order valence-electron chi connectivity index (χ4n) is 3.72. The normalized spacial score (nSPS) is 19.2. The zero-order valence-electron chi connectivity index (χ0n) is 22.7. The lowest BCUT2D eigenvalue weighted by atomic mass is 9.93. The van der Waals surface area contributed by atoms with E-state index in [1.165, 1.54) is 18.4 Å². The number of rotatable bonds is 6. The minimum atomic E-state index is 0.485. The average molecular weight is 544 g/mol. The van der Waals surface area contributed by atoms with Crippen LogP contribution in [-0.2, 0) is 4.74 Å². The van der Waals surface area contributed by atoms with E-state index in [0.29, 0.717) is 23.9 Å². The van der Waals surface area contributed by atoms with Crippen LogP contribution in [0.2, 0.25) is 10.0 Å². The van der Waals surface area contributed by atoms with Crippen molar-refractivity contribution in [3.05, 3.63) is 133 Å². The Labute approximate surface area is 236 Å². The van der Waals surface area contributed by atoms with E-state index in [1.807, 2.05) is 60.7 Å². The second kappa shape index (κ2) is 22.8. The summed E-state index contributed by atoms with van der Waals surface area (Å²) in [7, 11) is 0. The zero-order valence-corrected chi connectivity index (χ0v) is 24.2. The van der Waals surface area contributed by atoms with Crippen LogP contribution in [0.25, 0.3) is 0 Å². The first-order chi connectivity index (χ1) is 17.9. The van der Waals surface area contributed by atoms with Gasteiger partial charge in [-0.15, -0.1) is 19.7 Å². The Morgan fingerprint density at radius 1 is 0.865 bits per heavy atom. The molecule has 4 heteroatoms. The highest BCUT2D eigenvalue weighted by Crippen LogP contribution is 2.23. The van der Waals surface area contributed by atoms with Crippen LogP contribution in [0.15, 0.2) is 118 Å². The molecule has 1 heterocycles. The summed E-state index contributed by atoms with van der Waals surface area (Å²) in [6.45, 7) is 23.1. The molecule has 37 heavy (non-hydrogen) atoms. The van der Waals surface area contributed by atoms with Crippen molar-refractivity contribution < 1.29 is 10.1 Å². The van der Waals surface area contributed by atoms with Crippen LogP contribution >= 0.6 is 23.2 Å². The average Bonchev–Trinajstić information content (AvgIpc) is 3.01. The van der Waals surface area contributed by atoms with E-state index in [0.717, 1.165) is 29.7 Å². The number of ether oxygens (including phenoxy) is 1. The number of benzene rings is 2. The first-order valence-electron chi connectivity index (χ1n) is 12.8. The van der Waals surface area contributed by atoms with Gasteiger partial charge in [0.25, 0.3) is 0 Å². The van der Waals surface area contributed by atoms with Gasteiger partial charge in [-0.2, -0.15) is 0 Å². The Kier molecular flexibility index (Phi) is 21.4. The third-order valence-electron chi connectivity index (χ3n) is 5.80. The van der Waals surface area contributed by atoms with Gasteiger partial charge in [-0.1, -0.05) is 111 Å². The van der Waals surface area contributed by atoms with Crippen LogP contribution in [0.5, 0.6) is 0 Å². The molecule has 2 nitrogen and oxygen atoms in total. The molecule has 202 valence electrons. The SMILES string of the molecule is C=C.C=C/C=C\C=C.C=CCC1CC[C@@H](c2ccc(Cl)cc2)[NH2+]C(C(C)C)COC1.Clc1ccccc1. The standard InChI is InChI=1S/C19H28ClNO.C6H5Cl.C6H8.C2H4/c1-4-5-15-6-11-18(16-7-9-17(20)10-8-16)21-19(14(2)3)13-22-12-15;7-6-4-2-1-3-5-6;1-3-5-6-4-2;1-2/h4,7-10,14-15,18-19,21H,1,5-6,11-13H2,2-3H3;1-5H;3-6H,1-2H2;1-2H2/p+1/b;;6-5-;/t15?,18-,19?;;;/m0.../s1. The van der Waals surface area contributed by atoms with Gasteiger partial charge in [0.2, 0.25) is 0 Å². The maximum atomic E-state index is 6.04. The summed E-state index contributed by atoms with van der Waals surface area (Å²) in [4.78, 5) is 0. The first kappa shape index (κ1) is 34.6. The second-order valence-corrected chi connectivity index (χ2v) is 9.79. The predicted molar refractivity (Wildman–Crippen MR) is 165 cm³/mol. The smallest absolute Gasteiger partial charge is 0.112 e. The molecule has 2 unspecified atom stereocenters. The van der Waals surface area contributed by atoms with Crippen molar-refractivity contribution in [2.24, 2.45) is 11.8 Å². The van der Waals surface area contributed by atoms with Gasteiger partial charge in [0.15, 0.2) is 0 Å². The van der Waals surface area contributed by atoms with E-state index in [-0.39, 0.29) is 0 Å². The summed E-state index contributed by atoms with van der Waals surface area (Å²) >= 11 is 11.6. The van der Waals surface area contributed by atoms with Crippen LogP contribution in [0.3, 0.4) is 0 Å². The lowest BCUT2D eigenvalue weighted by Crippen LogP contribution is -2.93. The molecule has 0 saturated carbocycles. The topological polar surface area (TPSA) is 25.8 Å². The number of allylic oxidation sites excluding steroid dienone is 5. The molecule has 0 bridgehead atoms. The van der Waals surface area contributed by atoms with E-state index in [9.17, 15) is 0 Å². The molecule has 0 amide bonds. The summed E-state index contributed by atoms with van der Waals surface area (Å²) in [5.41, 5.74) is 1.37. The van der Waals surface area contributed by atoms with Crippen LogP contribution in [0.4, 0.5) is 0 Å². The van der Waals surface area contributed by atoms with Crippen molar-refractivity contribution in [3.8, 4) is 0 Å². The summed E-state index contributed by atoms with van der Waals surface area (Å²) in [6, 6.07) is 18.8. The van der Waals surface area contributed by atoms with Gasteiger partial charge in [-0.05, 0) is 43.0 Å². The number of nitrogens with two attached hydrogens (primary N) is 1. The summed E-state index contributed by atoms with van der Waals surface area (Å²) in [5.74, 6) is 1.19. The highest BCUT2D eigenvalue weighted by molar-refractivity contribution is 6.30. The number of hydrogen-bond donors (Lipinski definition) is 1. The van der Waals surface area contributed by atoms with Crippen molar-refractivity contribution in [3.63, 3.8) is 0 Å². The van der Waals surface area contributed by atoms with E-state index in [1.54, 1.807) is 12.2 Å². The van der Waals surface area contributed by atoms with Crippen molar-refractivity contribution in [1.82, 2.24) is 0 Å². The van der Waals surface area contributed by atoms with E-state index in [2.05, 4.69) is 64.2 Å². The number of quaternary nitrogens is 1. The van der Waals surface area contributed by atoms with Crippen molar-refractivity contribution in [1.29, 1.82) is 0 Å². The van der Waals surface area contributed by atoms with Crippen LogP contribution in [0.1, 0.15) is 44.7 Å². The predicted octanol–water partition coefficient (Wildman–Crippen LogP) is 9.03. The monoisotopic (exact) mass is 542 g/mol. The maximum absolute atomic E-state index is 6.04. The summed E-state index contributed by atoms with van der Waals surface area (Å²) in [5, 5.41) is 4.10. The summed E-state index contributed by atoms with van der Waals surface area (Å²) < 4.78 is 6.00. The maximum Gasteiger partial charge on any atom is 0.112 e. The molecule has 3 atom stereocenters. The minimum absolute atomic E-state index is 0.485. The van der Waals surface area contributed by atoms with Gasteiger partial charge in [0, 0.05) is 34.6 Å². The molecule has 2 aromatic carbocycles.